The number of nitrogens with zero attached hydrogens (tertiary/aromatic N) is 1. The zero-order valence-electron chi connectivity index (χ0n) is 8.74. The highest BCUT2D eigenvalue weighted by atomic mass is 15.1. The molecule has 0 spiro atoms. The van der Waals surface area contributed by atoms with Gasteiger partial charge in [0.15, 0.2) is 0 Å². The third-order valence-corrected chi connectivity index (χ3v) is 3.03. The van der Waals surface area contributed by atoms with E-state index in [9.17, 15) is 0 Å². The van der Waals surface area contributed by atoms with E-state index in [0.717, 1.165) is 5.92 Å². The molecule has 0 aromatic heterocycles. The summed E-state index contributed by atoms with van der Waals surface area (Å²) in [5.74, 6) is 0.735. The van der Waals surface area contributed by atoms with Crippen molar-refractivity contribution in [3.8, 4) is 0 Å². The maximum Gasteiger partial charge on any atom is 0.00477 e. The number of hydrogen-bond donors (Lipinski definition) is 0. The molecule has 1 heterocycles. The Bertz CT molecular complexity index is 313. The lowest BCUT2D eigenvalue weighted by Gasteiger charge is -2.10. The second kappa shape index (κ2) is 3.97. The summed E-state index contributed by atoms with van der Waals surface area (Å²) in [4.78, 5) is 2.39. The molecule has 2 rings (SSSR count). The highest BCUT2D eigenvalue weighted by Gasteiger charge is 2.20. The normalized spacial score (nSPS) is 22.5. The number of rotatable bonds is 2. The summed E-state index contributed by atoms with van der Waals surface area (Å²) in [6.45, 7) is 6.19. The fourth-order valence-electron chi connectivity index (χ4n) is 2.11. The van der Waals surface area contributed by atoms with Gasteiger partial charge in [-0.15, -0.1) is 0 Å². The van der Waals surface area contributed by atoms with Gasteiger partial charge in [-0.1, -0.05) is 36.9 Å². The molecular formula is C13H17N. The SMILES string of the molecule is C=Cc1ccc(C2CCN(C)C2)cc1. The molecule has 0 bridgehead atoms. The molecule has 0 radical (unpaired) electrons. The second-order valence-corrected chi connectivity index (χ2v) is 4.12. The van der Waals surface area contributed by atoms with Crippen LogP contribution in [-0.4, -0.2) is 25.0 Å². The third-order valence-electron chi connectivity index (χ3n) is 3.03. The van der Waals surface area contributed by atoms with Crippen molar-refractivity contribution in [1.29, 1.82) is 0 Å². The predicted octanol–water partition coefficient (Wildman–Crippen LogP) is 2.75. The first-order valence-electron chi connectivity index (χ1n) is 5.20. The van der Waals surface area contributed by atoms with Crippen LogP contribution in [-0.2, 0) is 0 Å². The van der Waals surface area contributed by atoms with Crippen LogP contribution in [0, 0.1) is 0 Å². The lowest BCUT2D eigenvalue weighted by atomic mass is 9.97. The monoisotopic (exact) mass is 187 g/mol. The van der Waals surface area contributed by atoms with Crippen LogP contribution in [0.2, 0.25) is 0 Å². The van der Waals surface area contributed by atoms with Gasteiger partial charge >= 0.3 is 0 Å². The maximum atomic E-state index is 3.76. The first kappa shape index (κ1) is 9.47. The quantitative estimate of drug-likeness (QED) is 0.688. The predicted molar refractivity (Wildman–Crippen MR) is 61.4 cm³/mol. The van der Waals surface area contributed by atoms with E-state index in [4.69, 9.17) is 0 Å². The standard InChI is InChI=1S/C13H17N/c1-3-11-4-6-12(7-5-11)13-8-9-14(2)10-13/h3-7,13H,1,8-10H2,2H3. The van der Waals surface area contributed by atoms with Crippen molar-refractivity contribution in [3.63, 3.8) is 0 Å². The molecule has 1 heteroatoms. The topological polar surface area (TPSA) is 3.24 Å². The molecule has 1 atom stereocenters. The van der Waals surface area contributed by atoms with E-state index in [2.05, 4.69) is 42.8 Å². The molecule has 1 aromatic rings. The minimum atomic E-state index is 0.735. The van der Waals surface area contributed by atoms with Gasteiger partial charge in [-0.2, -0.15) is 0 Å². The molecule has 0 saturated carbocycles. The molecule has 1 nitrogen and oxygen atoms in total. The summed E-state index contributed by atoms with van der Waals surface area (Å²) in [5.41, 5.74) is 2.68. The Morgan fingerprint density at radius 2 is 2.07 bits per heavy atom. The molecule has 1 unspecified atom stereocenters. The zero-order valence-corrected chi connectivity index (χ0v) is 8.74. The molecule has 1 aliphatic heterocycles. The summed E-state index contributed by atoms with van der Waals surface area (Å²) in [6.07, 6.45) is 3.19. The first-order chi connectivity index (χ1) is 6.79. The number of hydrogen-bond acceptors (Lipinski definition) is 1. The second-order valence-electron chi connectivity index (χ2n) is 4.12. The van der Waals surface area contributed by atoms with Crippen LogP contribution in [0.15, 0.2) is 30.8 Å². The molecule has 1 fully saturated rings. The van der Waals surface area contributed by atoms with Gasteiger partial charge in [0.05, 0.1) is 0 Å². The van der Waals surface area contributed by atoms with Crippen molar-refractivity contribution in [2.45, 2.75) is 12.3 Å². The molecule has 14 heavy (non-hydrogen) atoms. The first-order valence-corrected chi connectivity index (χ1v) is 5.20. The van der Waals surface area contributed by atoms with Crippen LogP contribution in [0.1, 0.15) is 23.5 Å². The van der Waals surface area contributed by atoms with E-state index in [1.54, 1.807) is 0 Å². The number of likely N-dealkylation sites (tertiary alicyclic amines) is 1. The number of likely N-dealkylation sites (N-methyl/N-ethyl adjacent to an activating group) is 1. The summed E-state index contributed by atoms with van der Waals surface area (Å²) < 4.78 is 0. The van der Waals surface area contributed by atoms with Gasteiger partial charge in [-0.05, 0) is 37.1 Å². The van der Waals surface area contributed by atoms with Crippen LogP contribution in [0.5, 0.6) is 0 Å². The molecule has 1 saturated heterocycles. The summed E-state index contributed by atoms with van der Waals surface area (Å²) in [7, 11) is 2.19. The van der Waals surface area contributed by atoms with Crippen LogP contribution >= 0.6 is 0 Å². The van der Waals surface area contributed by atoms with Gasteiger partial charge in [-0.25, -0.2) is 0 Å². The lowest BCUT2D eigenvalue weighted by molar-refractivity contribution is 0.411. The van der Waals surface area contributed by atoms with Gasteiger partial charge in [0.2, 0.25) is 0 Å². The summed E-state index contributed by atoms with van der Waals surface area (Å²) in [5, 5.41) is 0. The molecule has 1 aliphatic rings. The van der Waals surface area contributed by atoms with Gasteiger partial charge in [0.1, 0.15) is 0 Å². The minimum absolute atomic E-state index is 0.735. The van der Waals surface area contributed by atoms with Crippen molar-refractivity contribution in [1.82, 2.24) is 4.90 Å². The maximum absolute atomic E-state index is 3.76. The molecular weight excluding hydrogens is 170 g/mol. The Kier molecular flexibility index (Phi) is 2.69. The van der Waals surface area contributed by atoms with Crippen molar-refractivity contribution in [3.05, 3.63) is 42.0 Å². The Hall–Kier alpha value is -1.08. The highest BCUT2D eigenvalue weighted by molar-refractivity contribution is 5.47. The Morgan fingerprint density at radius 1 is 1.36 bits per heavy atom. The molecule has 0 aliphatic carbocycles. The van der Waals surface area contributed by atoms with Crippen molar-refractivity contribution in [2.24, 2.45) is 0 Å². The molecule has 1 aromatic carbocycles. The van der Waals surface area contributed by atoms with Crippen molar-refractivity contribution < 1.29 is 0 Å². The Morgan fingerprint density at radius 3 is 2.57 bits per heavy atom. The van der Waals surface area contributed by atoms with Crippen LogP contribution in [0.4, 0.5) is 0 Å². The molecule has 0 N–H and O–H groups in total. The smallest absolute Gasteiger partial charge is 0.00477 e. The van der Waals surface area contributed by atoms with Crippen LogP contribution in [0.25, 0.3) is 6.08 Å². The fourth-order valence-corrected chi connectivity index (χ4v) is 2.11. The molecule has 74 valence electrons. The van der Waals surface area contributed by atoms with E-state index in [-0.39, 0.29) is 0 Å². The lowest BCUT2D eigenvalue weighted by Crippen LogP contribution is -2.13. The fraction of sp³-hybridized carbons (Fsp3) is 0.385. The van der Waals surface area contributed by atoms with E-state index in [1.807, 2.05) is 6.08 Å². The van der Waals surface area contributed by atoms with Gasteiger partial charge < -0.3 is 4.90 Å². The summed E-state index contributed by atoms with van der Waals surface area (Å²) >= 11 is 0. The van der Waals surface area contributed by atoms with E-state index < -0.39 is 0 Å². The zero-order chi connectivity index (χ0) is 9.97. The third kappa shape index (κ3) is 1.88. The molecule has 0 amide bonds. The van der Waals surface area contributed by atoms with E-state index >= 15 is 0 Å². The van der Waals surface area contributed by atoms with Crippen LogP contribution in [0.3, 0.4) is 0 Å². The largest absolute Gasteiger partial charge is 0.306 e. The van der Waals surface area contributed by atoms with E-state index in [0.29, 0.717) is 0 Å². The number of benzene rings is 1. The average molecular weight is 187 g/mol. The van der Waals surface area contributed by atoms with Gasteiger partial charge in [0, 0.05) is 6.54 Å². The Balaban J connectivity index is 2.13. The van der Waals surface area contributed by atoms with Gasteiger partial charge in [-0.3, -0.25) is 0 Å². The van der Waals surface area contributed by atoms with Crippen molar-refractivity contribution in [2.75, 3.05) is 20.1 Å². The highest BCUT2D eigenvalue weighted by Crippen LogP contribution is 2.26. The van der Waals surface area contributed by atoms with E-state index in [1.165, 1.54) is 30.6 Å². The van der Waals surface area contributed by atoms with Crippen LogP contribution < -0.4 is 0 Å². The average Bonchev–Trinajstić information content (AvgIpc) is 2.65. The summed E-state index contributed by atoms with van der Waals surface area (Å²) in [6, 6.07) is 8.78. The van der Waals surface area contributed by atoms with Gasteiger partial charge in [0.25, 0.3) is 0 Å². The Labute approximate surface area is 86.1 Å². The minimum Gasteiger partial charge on any atom is -0.306 e. The van der Waals surface area contributed by atoms with Crippen molar-refractivity contribution >= 4 is 6.08 Å².